The van der Waals surface area contributed by atoms with E-state index in [4.69, 9.17) is 33.2 Å². The van der Waals surface area contributed by atoms with E-state index in [9.17, 15) is 24.9 Å². The van der Waals surface area contributed by atoms with Crippen LogP contribution in [0.25, 0.3) is 0 Å². The molecule has 0 bridgehead atoms. The second kappa shape index (κ2) is 52.8. The highest BCUT2D eigenvalue weighted by Gasteiger charge is 2.42. The van der Waals surface area contributed by atoms with E-state index in [2.05, 4.69) is 24.5 Å². The Balaban J connectivity index is 2.15. The number of ether oxygens (including phenoxy) is 7. The molecule has 1 fully saturated rings. The van der Waals surface area contributed by atoms with Gasteiger partial charge in [0.15, 0.2) is 6.29 Å². The summed E-state index contributed by atoms with van der Waals surface area (Å²) in [6.07, 6.45) is 39.5. The molecule has 72 heavy (non-hydrogen) atoms. The summed E-state index contributed by atoms with van der Waals surface area (Å²) in [7, 11) is 0. The number of nitrogens with one attached hydrogen (secondary N) is 2. The predicted molar refractivity (Wildman–Crippen MR) is 290 cm³/mol. The van der Waals surface area contributed by atoms with Crippen molar-refractivity contribution in [1.82, 2.24) is 10.6 Å². The first-order chi connectivity index (χ1) is 35.3. The molecule has 0 aromatic carbocycles. The molecule has 0 aliphatic carbocycles. The largest absolute Gasteiger partial charge is 0.447 e. The van der Waals surface area contributed by atoms with Crippen LogP contribution in [0.15, 0.2) is 0 Å². The smallest absolute Gasteiger partial charge is 0.407 e. The Bertz CT molecular complexity index is 1150. The van der Waals surface area contributed by atoms with Crippen LogP contribution >= 0.6 is 0 Å². The molecule has 428 valence electrons. The van der Waals surface area contributed by atoms with Crippen LogP contribution in [0.4, 0.5) is 4.79 Å². The molecular weight excluding hydrogens is 917 g/mol. The molecule has 6 atom stereocenters. The third-order valence-electron chi connectivity index (χ3n) is 13.9. The van der Waals surface area contributed by atoms with Crippen molar-refractivity contribution >= 4 is 12.0 Å². The van der Waals surface area contributed by atoms with Crippen LogP contribution in [-0.4, -0.2) is 137 Å². The number of amides is 2. The van der Waals surface area contributed by atoms with Gasteiger partial charge in [-0.25, -0.2) is 4.79 Å². The number of hydrogen-bond donors (Lipinski definition) is 5. The van der Waals surface area contributed by atoms with Crippen molar-refractivity contribution < 1.29 is 58.1 Å². The lowest BCUT2D eigenvalue weighted by Gasteiger charge is -2.40. The minimum absolute atomic E-state index is 0.100. The Morgan fingerprint density at radius 1 is 0.486 bits per heavy atom. The van der Waals surface area contributed by atoms with Gasteiger partial charge in [-0.3, -0.25) is 4.79 Å². The van der Waals surface area contributed by atoms with Crippen LogP contribution in [0.3, 0.4) is 0 Å². The molecular formula is C58H114N2O12. The van der Waals surface area contributed by atoms with Crippen LogP contribution < -0.4 is 10.6 Å². The molecule has 1 saturated heterocycles. The van der Waals surface area contributed by atoms with E-state index >= 15 is 0 Å². The summed E-state index contributed by atoms with van der Waals surface area (Å²) in [5.74, 6) is -0.569. The number of alkyl carbamates (subject to hydrolysis) is 1. The Hall–Kier alpha value is -1.62. The molecule has 14 heteroatoms. The second-order valence-electron chi connectivity index (χ2n) is 20.7. The number of carbonyl (C=O) groups excluding carboxylic acids is 2. The number of carbonyl (C=O) groups is 2. The summed E-state index contributed by atoms with van der Waals surface area (Å²) in [6, 6.07) is 0. The van der Waals surface area contributed by atoms with Crippen molar-refractivity contribution in [2.45, 2.75) is 276 Å². The molecule has 0 radical (unpaired) electrons. The highest BCUT2D eigenvalue weighted by Crippen LogP contribution is 2.27. The van der Waals surface area contributed by atoms with Crippen molar-refractivity contribution in [3.8, 4) is 0 Å². The van der Waals surface area contributed by atoms with Crippen LogP contribution in [0.5, 0.6) is 0 Å². The molecule has 1 rings (SSSR count). The quantitative estimate of drug-likeness (QED) is 0.0364. The Morgan fingerprint density at radius 3 is 1.44 bits per heavy atom. The fraction of sp³-hybridized carbons (Fsp3) is 0.966. The Labute approximate surface area is 440 Å². The lowest BCUT2D eigenvalue weighted by molar-refractivity contribution is -0.282. The van der Waals surface area contributed by atoms with E-state index in [1.165, 1.54) is 186 Å². The number of aliphatic hydroxyl groups excluding tert-OH is 3. The first-order valence-corrected chi connectivity index (χ1v) is 30.1. The van der Waals surface area contributed by atoms with Crippen LogP contribution in [0.1, 0.15) is 245 Å². The fourth-order valence-corrected chi connectivity index (χ4v) is 9.11. The number of aliphatic hydroxyl groups is 3. The van der Waals surface area contributed by atoms with E-state index in [1.807, 2.05) is 0 Å². The molecule has 0 aromatic rings. The van der Waals surface area contributed by atoms with E-state index in [0.717, 1.165) is 19.3 Å². The molecule has 0 saturated carbocycles. The summed E-state index contributed by atoms with van der Waals surface area (Å²) in [4.78, 5) is 24.7. The van der Waals surface area contributed by atoms with Gasteiger partial charge in [0.1, 0.15) is 24.9 Å². The first kappa shape index (κ1) is 68.4. The van der Waals surface area contributed by atoms with E-state index in [1.54, 1.807) is 6.92 Å². The highest BCUT2D eigenvalue weighted by atomic mass is 16.7. The Kier molecular flexibility index (Phi) is 50.2. The fourth-order valence-electron chi connectivity index (χ4n) is 9.11. The van der Waals surface area contributed by atoms with Gasteiger partial charge >= 0.3 is 6.09 Å². The number of hydrogen-bond acceptors (Lipinski definition) is 12. The molecule has 0 aromatic heterocycles. The zero-order valence-corrected chi connectivity index (χ0v) is 46.7. The first-order valence-electron chi connectivity index (χ1n) is 30.1. The molecule has 5 unspecified atom stereocenters. The summed E-state index contributed by atoms with van der Waals surface area (Å²) < 4.78 is 40.2. The van der Waals surface area contributed by atoms with Crippen molar-refractivity contribution in [2.24, 2.45) is 5.92 Å². The van der Waals surface area contributed by atoms with Gasteiger partial charge in [0.25, 0.3) is 0 Å². The van der Waals surface area contributed by atoms with Gasteiger partial charge in [-0.1, -0.05) is 213 Å². The summed E-state index contributed by atoms with van der Waals surface area (Å²) in [6.45, 7) is 10.4. The zero-order chi connectivity index (χ0) is 52.2. The van der Waals surface area contributed by atoms with E-state index in [-0.39, 0.29) is 31.6 Å². The van der Waals surface area contributed by atoms with Crippen LogP contribution in [0.2, 0.25) is 0 Å². The molecule has 5 N–H and O–H groups in total. The minimum atomic E-state index is -1.17. The molecule has 14 nitrogen and oxygen atoms in total. The zero-order valence-electron chi connectivity index (χ0n) is 46.7. The van der Waals surface area contributed by atoms with Gasteiger partial charge < -0.3 is 59.1 Å². The van der Waals surface area contributed by atoms with E-state index in [0.29, 0.717) is 72.2 Å². The van der Waals surface area contributed by atoms with Gasteiger partial charge in [0.2, 0.25) is 5.91 Å². The third kappa shape index (κ3) is 42.6. The normalized spacial score (nSPS) is 18.4. The summed E-state index contributed by atoms with van der Waals surface area (Å²) >= 11 is 0. The molecule has 1 aliphatic heterocycles. The van der Waals surface area contributed by atoms with Gasteiger partial charge in [-0.2, -0.15) is 0 Å². The standard InChI is InChI=1S/C58H114N2O12/c1-4-6-8-10-12-14-16-18-20-22-24-26-28-30-32-34-41-68-49-52(69-43-35-33-31-29-27-25-23-21-19-17-15-13-11-9-7-5-2)50-71-58(65)60-40-45-67-47-46-66-42-37-39-59-54(62)38-36-44-70-57-51(3)55(63)56(64)53(48-61)72-57/h51-53,55-57,61,63-64H,4-50H2,1-3H3,(H,59,62)(H,60,65)/t51?,52-,53?,55?,56?,57?/m1/s1. The second-order valence-corrected chi connectivity index (χ2v) is 20.7. The maximum Gasteiger partial charge on any atom is 0.407 e. The van der Waals surface area contributed by atoms with Crippen LogP contribution in [0, 0.1) is 5.92 Å². The van der Waals surface area contributed by atoms with Crippen LogP contribution in [-0.2, 0) is 38.0 Å². The van der Waals surface area contributed by atoms with E-state index < -0.39 is 43.2 Å². The topological polar surface area (TPSA) is 183 Å². The van der Waals surface area contributed by atoms with Gasteiger partial charge in [-0.15, -0.1) is 0 Å². The SMILES string of the molecule is CCCCCCCCCCCCCCCCCCOC[C@H](COC(=O)NCCOCCOCCCNC(=O)CCCOC1OC(CO)C(O)C(O)C1C)OCCCCCCCCCCCCCCCCCC. The molecule has 1 aliphatic rings. The lowest BCUT2D eigenvalue weighted by Crippen LogP contribution is -2.55. The highest BCUT2D eigenvalue weighted by molar-refractivity contribution is 5.75. The maximum atomic E-state index is 12.5. The third-order valence-corrected chi connectivity index (χ3v) is 13.9. The van der Waals surface area contributed by atoms with Gasteiger partial charge in [0.05, 0.1) is 45.7 Å². The van der Waals surface area contributed by atoms with Crippen molar-refractivity contribution in [3.63, 3.8) is 0 Å². The lowest BCUT2D eigenvalue weighted by atomic mass is 9.92. The summed E-state index contributed by atoms with van der Waals surface area (Å²) in [5, 5.41) is 35.1. The van der Waals surface area contributed by atoms with Crippen molar-refractivity contribution in [2.75, 3.05) is 79.2 Å². The Morgan fingerprint density at radius 2 is 0.944 bits per heavy atom. The van der Waals surface area contributed by atoms with Gasteiger partial charge in [-0.05, 0) is 25.7 Å². The maximum absolute atomic E-state index is 12.5. The molecule has 0 spiro atoms. The minimum Gasteiger partial charge on any atom is -0.447 e. The molecule has 1 heterocycles. The van der Waals surface area contributed by atoms with Gasteiger partial charge in [0, 0.05) is 45.2 Å². The van der Waals surface area contributed by atoms with Crippen molar-refractivity contribution in [1.29, 1.82) is 0 Å². The average molecular weight is 1030 g/mol. The number of rotatable bonds is 55. The monoisotopic (exact) mass is 1030 g/mol. The van der Waals surface area contributed by atoms with Crippen molar-refractivity contribution in [3.05, 3.63) is 0 Å². The predicted octanol–water partition coefficient (Wildman–Crippen LogP) is 12.0. The number of unbranched alkanes of at least 4 members (excludes halogenated alkanes) is 30. The molecule has 2 amide bonds. The average Bonchev–Trinajstić information content (AvgIpc) is 3.38. The summed E-state index contributed by atoms with van der Waals surface area (Å²) in [5.41, 5.74) is 0.